The summed E-state index contributed by atoms with van der Waals surface area (Å²) in [7, 11) is 0. The van der Waals surface area contributed by atoms with Crippen LogP contribution in [0.25, 0.3) is 0 Å². The fraction of sp³-hybridized carbons (Fsp3) is 0.455. The second-order valence-corrected chi connectivity index (χ2v) is 4.05. The van der Waals surface area contributed by atoms with E-state index >= 15 is 0 Å². The van der Waals surface area contributed by atoms with Gasteiger partial charge in [0.15, 0.2) is 0 Å². The lowest BCUT2D eigenvalue weighted by molar-refractivity contribution is 0.598. The van der Waals surface area contributed by atoms with Gasteiger partial charge >= 0.3 is 0 Å². The van der Waals surface area contributed by atoms with E-state index in [-0.39, 0.29) is 5.82 Å². The predicted octanol–water partition coefficient (Wildman–Crippen LogP) is 4.06. The van der Waals surface area contributed by atoms with E-state index in [9.17, 15) is 4.39 Å². The Hall–Kier alpha value is -0.500. The number of thioether (sulfide) groups is 1. The zero-order valence-corrected chi connectivity index (χ0v) is 9.12. The van der Waals surface area contributed by atoms with Crippen LogP contribution in [0.15, 0.2) is 23.1 Å². The number of hydrogen-bond donors (Lipinski definition) is 0. The minimum Gasteiger partial charge on any atom is -0.206 e. The quantitative estimate of drug-likeness (QED) is 0.660. The molecular formula is C11H15FS. The summed E-state index contributed by atoms with van der Waals surface area (Å²) in [4.78, 5) is 0.748. The molecular weight excluding hydrogens is 183 g/mol. The maximum absolute atomic E-state index is 13.1. The van der Waals surface area contributed by atoms with Crippen LogP contribution in [0.2, 0.25) is 0 Å². The molecule has 0 amide bonds. The highest BCUT2D eigenvalue weighted by molar-refractivity contribution is 7.98. The number of hydrogen-bond acceptors (Lipinski definition) is 1. The van der Waals surface area contributed by atoms with Crippen LogP contribution < -0.4 is 0 Å². The average Bonchev–Trinajstić information content (AvgIpc) is 2.17. The van der Waals surface area contributed by atoms with E-state index in [0.29, 0.717) is 5.92 Å². The van der Waals surface area contributed by atoms with Gasteiger partial charge in [-0.15, -0.1) is 11.8 Å². The SMILES string of the molecule is CCC(C)c1ccc(F)c(SC)c1. The molecule has 0 aliphatic carbocycles. The van der Waals surface area contributed by atoms with Crippen LogP contribution in [-0.2, 0) is 0 Å². The molecule has 1 unspecified atom stereocenters. The Morgan fingerprint density at radius 1 is 1.46 bits per heavy atom. The van der Waals surface area contributed by atoms with E-state index in [1.165, 1.54) is 17.3 Å². The van der Waals surface area contributed by atoms with Crippen molar-refractivity contribution in [3.63, 3.8) is 0 Å². The van der Waals surface area contributed by atoms with Crippen LogP contribution in [0.1, 0.15) is 31.7 Å². The van der Waals surface area contributed by atoms with E-state index in [1.54, 1.807) is 6.07 Å². The molecule has 0 fully saturated rings. The first kappa shape index (κ1) is 10.6. The van der Waals surface area contributed by atoms with E-state index in [4.69, 9.17) is 0 Å². The summed E-state index contributed by atoms with van der Waals surface area (Å²) in [6, 6.07) is 5.39. The Morgan fingerprint density at radius 2 is 2.15 bits per heavy atom. The molecule has 0 N–H and O–H groups in total. The topological polar surface area (TPSA) is 0 Å². The zero-order valence-electron chi connectivity index (χ0n) is 8.30. The first-order valence-electron chi connectivity index (χ1n) is 4.52. The van der Waals surface area contributed by atoms with Crippen molar-refractivity contribution in [1.82, 2.24) is 0 Å². The highest BCUT2D eigenvalue weighted by Crippen LogP contribution is 2.25. The molecule has 72 valence electrons. The second-order valence-electron chi connectivity index (χ2n) is 3.20. The molecule has 0 bridgehead atoms. The lowest BCUT2D eigenvalue weighted by Crippen LogP contribution is -1.92. The van der Waals surface area contributed by atoms with Crippen LogP contribution in [0, 0.1) is 5.82 Å². The lowest BCUT2D eigenvalue weighted by atomic mass is 9.99. The summed E-state index contributed by atoms with van der Waals surface area (Å²) in [5, 5.41) is 0. The van der Waals surface area contributed by atoms with Crippen molar-refractivity contribution >= 4 is 11.8 Å². The Labute approximate surface area is 83.5 Å². The minimum atomic E-state index is -0.112. The standard InChI is InChI=1S/C11H15FS/c1-4-8(2)9-5-6-10(12)11(7-9)13-3/h5-8H,4H2,1-3H3. The Kier molecular flexibility index (Phi) is 3.79. The third-order valence-electron chi connectivity index (χ3n) is 2.36. The smallest absolute Gasteiger partial charge is 0.136 e. The minimum absolute atomic E-state index is 0.112. The van der Waals surface area contributed by atoms with Gasteiger partial charge in [0.05, 0.1) is 0 Å². The molecule has 0 heterocycles. The molecule has 1 aromatic rings. The molecule has 0 aromatic heterocycles. The lowest BCUT2D eigenvalue weighted by Gasteiger charge is -2.10. The van der Waals surface area contributed by atoms with Crippen molar-refractivity contribution in [3.8, 4) is 0 Å². The maximum Gasteiger partial charge on any atom is 0.136 e. The first-order valence-corrected chi connectivity index (χ1v) is 5.75. The highest BCUT2D eigenvalue weighted by atomic mass is 32.2. The second kappa shape index (κ2) is 4.66. The van der Waals surface area contributed by atoms with Gasteiger partial charge in [-0.1, -0.05) is 19.9 Å². The molecule has 0 radical (unpaired) electrons. The van der Waals surface area contributed by atoms with Gasteiger partial charge in [-0.3, -0.25) is 0 Å². The molecule has 1 rings (SSSR count). The Morgan fingerprint density at radius 3 is 2.69 bits per heavy atom. The summed E-state index contributed by atoms with van der Waals surface area (Å²) in [6.45, 7) is 4.31. The Balaban J connectivity index is 2.99. The molecule has 0 nitrogen and oxygen atoms in total. The molecule has 0 saturated carbocycles. The molecule has 1 aromatic carbocycles. The van der Waals surface area contributed by atoms with Crippen molar-refractivity contribution in [2.45, 2.75) is 31.1 Å². The normalized spacial score (nSPS) is 12.9. The third-order valence-corrected chi connectivity index (χ3v) is 3.11. The maximum atomic E-state index is 13.1. The largest absolute Gasteiger partial charge is 0.206 e. The summed E-state index contributed by atoms with van der Waals surface area (Å²) >= 11 is 1.46. The third kappa shape index (κ3) is 2.47. The van der Waals surface area contributed by atoms with E-state index in [1.807, 2.05) is 18.4 Å². The Bertz CT molecular complexity index is 283. The van der Waals surface area contributed by atoms with Crippen molar-refractivity contribution < 1.29 is 4.39 Å². The van der Waals surface area contributed by atoms with Crippen LogP contribution in [0.3, 0.4) is 0 Å². The van der Waals surface area contributed by atoms with Crippen LogP contribution >= 0.6 is 11.8 Å². The van der Waals surface area contributed by atoms with Gasteiger partial charge in [-0.25, -0.2) is 4.39 Å². The molecule has 13 heavy (non-hydrogen) atoms. The van der Waals surface area contributed by atoms with Gasteiger partial charge in [0.2, 0.25) is 0 Å². The van der Waals surface area contributed by atoms with Gasteiger partial charge in [0.25, 0.3) is 0 Å². The van der Waals surface area contributed by atoms with Crippen molar-refractivity contribution in [2.75, 3.05) is 6.26 Å². The molecule has 0 aliphatic rings. The average molecular weight is 198 g/mol. The van der Waals surface area contributed by atoms with E-state index in [2.05, 4.69) is 13.8 Å². The van der Waals surface area contributed by atoms with Crippen LogP contribution in [-0.4, -0.2) is 6.26 Å². The van der Waals surface area contributed by atoms with Crippen molar-refractivity contribution in [3.05, 3.63) is 29.6 Å². The van der Waals surface area contributed by atoms with Crippen LogP contribution in [0.5, 0.6) is 0 Å². The van der Waals surface area contributed by atoms with Gasteiger partial charge in [-0.2, -0.15) is 0 Å². The first-order chi connectivity index (χ1) is 6.19. The van der Waals surface area contributed by atoms with Crippen molar-refractivity contribution in [2.24, 2.45) is 0 Å². The van der Waals surface area contributed by atoms with Crippen LogP contribution in [0.4, 0.5) is 4.39 Å². The molecule has 1 atom stereocenters. The van der Waals surface area contributed by atoms with E-state index < -0.39 is 0 Å². The van der Waals surface area contributed by atoms with Gasteiger partial charge in [-0.05, 0) is 36.3 Å². The van der Waals surface area contributed by atoms with Crippen molar-refractivity contribution in [1.29, 1.82) is 0 Å². The van der Waals surface area contributed by atoms with Gasteiger partial charge in [0, 0.05) is 4.90 Å². The van der Waals surface area contributed by atoms with Gasteiger partial charge < -0.3 is 0 Å². The number of halogens is 1. The molecule has 0 aliphatic heterocycles. The summed E-state index contributed by atoms with van der Waals surface area (Å²) in [6.07, 6.45) is 3.00. The molecule has 0 spiro atoms. The summed E-state index contributed by atoms with van der Waals surface area (Å²) in [5.74, 6) is 0.408. The number of rotatable bonds is 3. The predicted molar refractivity (Wildman–Crippen MR) is 56.9 cm³/mol. The fourth-order valence-corrected chi connectivity index (χ4v) is 1.74. The highest BCUT2D eigenvalue weighted by Gasteiger charge is 2.06. The summed E-state index contributed by atoms with van der Waals surface area (Å²) in [5.41, 5.74) is 1.23. The number of benzene rings is 1. The van der Waals surface area contributed by atoms with Gasteiger partial charge in [0.1, 0.15) is 5.82 Å². The summed E-state index contributed by atoms with van der Waals surface area (Å²) < 4.78 is 13.1. The molecule has 0 saturated heterocycles. The van der Waals surface area contributed by atoms with E-state index in [0.717, 1.165) is 11.3 Å². The monoisotopic (exact) mass is 198 g/mol. The molecule has 2 heteroatoms. The zero-order chi connectivity index (χ0) is 9.84. The fourth-order valence-electron chi connectivity index (χ4n) is 1.22.